The van der Waals surface area contributed by atoms with Crippen LogP contribution in [0.4, 0.5) is 10.5 Å². The molecule has 0 spiro atoms. The van der Waals surface area contributed by atoms with Crippen molar-refractivity contribution in [3.8, 4) is 5.75 Å². The molecule has 0 saturated heterocycles. The van der Waals surface area contributed by atoms with Crippen LogP contribution < -0.4 is 10.6 Å². The van der Waals surface area contributed by atoms with Gasteiger partial charge in [-0.1, -0.05) is 92.9 Å². The largest absolute Gasteiger partial charge is 0.508 e. The van der Waals surface area contributed by atoms with Crippen molar-refractivity contribution in [1.29, 1.82) is 0 Å². The Morgan fingerprint density at radius 2 is 1.53 bits per heavy atom. The van der Waals surface area contributed by atoms with Crippen molar-refractivity contribution in [3.05, 3.63) is 108 Å². The van der Waals surface area contributed by atoms with Gasteiger partial charge in [0.15, 0.2) is 0 Å². The molecule has 4 aromatic carbocycles. The maximum Gasteiger partial charge on any atom is 0.408 e. The summed E-state index contributed by atoms with van der Waals surface area (Å²) < 4.78 is 5.55. The molecule has 2 unspecified atom stereocenters. The van der Waals surface area contributed by atoms with Crippen LogP contribution in [-0.4, -0.2) is 46.1 Å². The van der Waals surface area contributed by atoms with Crippen LogP contribution in [0.3, 0.4) is 0 Å². The van der Waals surface area contributed by atoms with Gasteiger partial charge >= 0.3 is 6.09 Å². The number of carbonyl (C=O) groups is 3. The van der Waals surface area contributed by atoms with E-state index < -0.39 is 29.7 Å². The first-order chi connectivity index (χ1) is 22.4. The number of rotatable bonds is 13. The van der Waals surface area contributed by atoms with Gasteiger partial charge in [-0.05, 0) is 85.8 Å². The predicted octanol–water partition coefficient (Wildman–Crippen LogP) is 8.08. The van der Waals surface area contributed by atoms with Crippen LogP contribution in [0, 0.1) is 6.92 Å². The summed E-state index contributed by atoms with van der Waals surface area (Å²) in [6, 6.07) is 25.7. The zero-order valence-electron chi connectivity index (χ0n) is 28.1. The number of aryl methyl sites for hydroxylation is 1. The zero-order valence-corrected chi connectivity index (χ0v) is 28.1. The number of fused-ring (bicyclic) bond motifs is 1. The molecular weight excluding hydrogens is 590 g/mol. The number of aromatic hydroxyl groups is 1. The molecule has 0 aliphatic heterocycles. The molecule has 0 aliphatic rings. The van der Waals surface area contributed by atoms with Crippen LogP contribution in [0.15, 0.2) is 91.0 Å². The molecule has 0 bridgehead atoms. The summed E-state index contributed by atoms with van der Waals surface area (Å²) in [7, 11) is 0. The smallest absolute Gasteiger partial charge is 0.408 e. The summed E-state index contributed by atoms with van der Waals surface area (Å²) in [5, 5.41) is 17.8. The first-order valence-corrected chi connectivity index (χ1v) is 16.4. The molecule has 3 N–H and O–H groups in total. The van der Waals surface area contributed by atoms with E-state index in [0.717, 1.165) is 41.2 Å². The number of benzene rings is 4. The van der Waals surface area contributed by atoms with Gasteiger partial charge in [0.05, 0.1) is 0 Å². The number of nitrogens with zero attached hydrogens (tertiary/aromatic N) is 1. The Labute approximate surface area is 278 Å². The third-order valence-electron chi connectivity index (χ3n) is 7.96. The molecule has 0 aromatic heterocycles. The number of unbranched alkanes of at least 4 members (excludes halogenated alkanes) is 3. The van der Waals surface area contributed by atoms with Gasteiger partial charge in [-0.3, -0.25) is 9.59 Å². The molecule has 8 heteroatoms. The number of phenols is 1. The topological polar surface area (TPSA) is 108 Å². The van der Waals surface area contributed by atoms with Crippen LogP contribution in [0.1, 0.15) is 76.1 Å². The fraction of sp³-hybridized carbons (Fsp3) is 0.359. The van der Waals surface area contributed by atoms with Crippen molar-refractivity contribution < 1.29 is 24.2 Å². The van der Waals surface area contributed by atoms with Gasteiger partial charge in [-0.15, -0.1) is 0 Å². The second-order valence-corrected chi connectivity index (χ2v) is 13.0. The van der Waals surface area contributed by atoms with Gasteiger partial charge in [0.1, 0.15) is 23.4 Å². The Balaban J connectivity index is 1.76. The van der Waals surface area contributed by atoms with Crippen LogP contribution in [0.5, 0.6) is 5.75 Å². The van der Waals surface area contributed by atoms with E-state index in [4.69, 9.17) is 4.74 Å². The highest BCUT2D eigenvalue weighted by Gasteiger charge is 2.37. The Kier molecular flexibility index (Phi) is 12.0. The van der Waals surface area contributed by atoms with Gasteiger partial charge in [0, 0.05) is 18.7 Å². The molecule has 0 fully saturated rings. The molecular formula is C39H47N3O5. The lowest BCUT2D eigenvalue weighted by atomic mass is 9.96. The number of hydrogen-bond donors (Lipinski definition) is 3. The highest BCUT2D eigenvalue weighted by atomic mass is 16.6. The molecule has 8 nitrogen and oxygen atoms in total. The zero-order chi connectivity index (χ0) is 34.0. The number of nitrogens with one attached hydrogen (secondary N) is 2. The van der Waals surface area contributed by atoms with Gasteiger partial charge in [0.25, 0.3) is 5.91 Å². The van der Waals surface area contributed by atoms with E-state index in [1.54, 1.807) is 49.9 Å². The molecule has 3 amide bonds. The Hall–Kier alpha value is -4.85. The molecule has 0 aliphatic carbocycles. The lowest BCUT2D eigenvalue weighted by Gasteiger charge is -2.35. The molecule has 4 aromatic rings. The second kappa shape index (κ2) is 16.1. The fourth-order valence-electron chi connectivity index (χ4n) is 5.62. The number of alkyl carbamates (subject to hydrolysis) is 1. The van der Waals surface area contributed by atoms with Gasteiger partial charge < -0.3 is 25.4 Å². The standard InChI is InChI=1S/C39H47N3O5/c1-6-7-8-13-24-42(37(45)34(41-38(46)47-39(3,4)5)25-28-18-22-32(43)23-19-28)35(33-17-12-9-14-27(33)2)36(44)40-31-21-20-29-15-10-11-16-30(29)26-31/h9-12,14-23,26,34-35,43H,6-8,13,24-25H2,1-5H3,(H,40,44)(H,41,46). The first kappa shape index (κ1) is 35.0. The summed E-state index contributed by atoms with van der Waals surface area (Å²) in [6.45, 7) is 9.63. The second-order valence-electron chi connectivity index (χ2n) is 13.0. The van der Waals surface area contributed by atoms with E-state index in [9.17, 15) is 19.5 Å². The third kappa shape index (κ3) is 10.1. The van der Waals surface area contributed by atoms with E-state index in [1.807, 2.05) is 73.7 Å². The summed E-state index contributed by atoms with van der Waals surface area (Å²) in [4.78, 5) is 43.9. The predicted molar refractivity (Wildman–Crippen MR) is 187 cm³/mol. The number of carbonyl (C=O) groups excluding carboxylic acids is 3. The lowest BCUT2D eigenvalue weighted by Crippen LogP contribution is -2.53. The summed E-state index contributed by atoms with van der Waals surface area (Å²) >= 11 is 0. The number of amides is 3. The minimum Gasteiger partial charge on any atom is -0.508 e. The van der Waals surface area contributed by atoms with E-state index in [-0.39, 0.29) is 18.1 Å². The van der Waals surface area contributed by atoms with Crippen molar-refractivity contribution in [3.63, 3.8) is 0 Å². The van der Waals surface area contributed by atoms with Crippen LogP contribution in [-0.2, 0) is 20.7 Å². The SMILES string of the molecule is CCCCCCN(C(=O)C(Cc1ccc(O)cc1)NC(=O)OC(C)(C)C)C(C(=O)Nc1ccc2ccccc2c1)c1ccccc1C. The number of anilines is 1. The molecule has 0 heterocycles. The number of phenolic OH excluding ortho intramolecular Hbond substituents is 1. The quantitative estimate of drug-likeness (QED) is 0.129. The minimum atomic E-state index is -1.04. The molecule has 4 rings (SSSR count). The van der Waals surface area contributed by atoms with E-state index in [0.29, 0.717) is 24.2 Å². The highest BCUT2D eigenvalue weighted by molar-refractivity contribution is 6.00. The summed E-state index contributed by atoms with van der Waals surface area (Å²) in [5.74, 6) is -0.652. The van der Waals surface area contributed by atoms with E-state index in [1.165, 1.54) is 0 Å². The Bertz CT molecular complexity index is 1660. The lowest BCUT2D eigenvalue weighted by molar-refractivity contribution is -0.140. The van der Waals surface area contributed by atoms with Gasteiger partial charge in [-0.2, -0.15) is 0 Å². The molecule has 248 valence electrons. The summed E-state index contributed by atoms with van der Waals surface area (Å²) in [5.41, 5.74) is 2.15. The maximum atomic E-state index is 14.8. The minimum absolute atomic E-state index is 0.0965. The summed E-state index contributed by atoms with van der Waals surface area (Å²) in [6.07, 6.45) is 2.98. The third-order valence-corrected chi connectivity index (χ3v) is 7.96. The van der Waals surface area contributed by atoms with Gasteiger partial charge in [0.2, 0.25) is 5.91 Å². The normalized spacial score (nSPS) is 12.6. The molecule has 2 atom stereocenters. The van der Waals surface area contributed by atoms with Crippen molar-refractivity contribution in [2.24, 2.45) is 0 Å². The molecule has 47 heavy (non-hydrogen) atoms. The van der Waals surface area contributed by atoms with Crippen LogP contribution in [0.25, 0.3) is 10.8 Å². The number of hydrogen-bond acceptors (Lipinski definition) is 5. The van der Waals surface area contributed by atoms with E-state index in [2.05, 4.69) is 17.6 Å². The van der Waals surface area contributed by atoms with Crippen molar-refractivity contribution in [2.45, 2.75) is 84.4 Å². The average molecular weight is 638 g/mol. The fourth-order valence-corrected chi connectivity index (χ4v) is 5.62. The van der Waals surface area contributed by atoms with Crippen LogP contribution in [0.2, 0.25) is 0 Å². The average Bonchev–Trinajstić information content (AvgIpc) is 3.02. The molecule has 0 saturated carbocycles. The van der Waals surface area contributed by atoms with Crippen molar-refractivity contribution in [1.82, 2.24) is 10.2 Å². The van der Waals surface area contributed by atoms with E-state index >= 15 is 0 Å². The van der Waals surface area contributed by atoms with Crippen molar-refractivity contribution in [2.75, 3.05) is 11.9 Å². The molecule has 0 radical (unpaired) electrons. The Morgan fingerprint density at radius 3 is 2.21 bits per heavy atom. The first-order valence-electron chi connectivity index (χ1n) is 16.4. The monoisotopic (exact) mass is 637 g/mol. The van der Waals surface area contributed by atoms with Gasteiger partial charge in [-0.25, -0.2) is 4.79 Å². The Morgan fingerprint density at radius 1 is 0.851 bits per heavy atom. The number of ether oxygens (including phenoxy) is 1. The van der Waals surface area contributed by atoms with Crippen molar-refractivity contribution >= 4 is 34.4 Å². The highest BCUT2D eigenvalue weighted by Crippen LogP contribution is 2.29. The maximum absolute atomic E-state index is 14.8. The van der Waals surface area contributed by atoms with Crippen LogP contribution >= 0.6 is 0 Å².